The van der Waals surface area contributed by atoms with Crippen molar-refractivity contribution in [2.45, 2.75) is 31.9 Å². The summed E-state index contributed by atoms with van der Waals surface area (Å²) in [5, 5.41) is 7.05. The quantitative estimate of drug-likeness (QED) is 0.845. The molecule has 1 aromatic heterocycles. The molecule has 1 saturated heterocycles. The van der Waals surface area contributed by atoms with Crippen LogP contribution in [0.3, 0.4) is 0 Å². The normalized spacial score (nSPS) is 19.3. The van der Waals surface area contributed by atoms with Crippen LogP contribution in [0.1, 0.15) is 29.7 Å². The van der Waals surface area contributed by atoms with Crippen molar-refractivity contribution in [3.63, 3.8) is 0 Å². The Balaban J connectivity index is 1.35. The van der Waals surface area contributed by atoms with Crippen LogP contribution >= 0.6 is 22.9 Å². The minimum Gasteiger partial charge on any atom is -0.382 e. The molecule has 0 saturated carbocycles. The van der Waals surface area contributed by atoms with Gasteiger partial charge in [-0.05, 0) is 36.6 Å². The summed E-state index contributed by atoms with van der Waals surface area (Å²) >= 11 is 7.41. The van der Waals surface area contributed by atoms with Crippen molar-refractivity contribution >= 4 is 40.2 Å². The Morgan fingerprint density at radius 2 is 2.08 bits per heavy atom. The van der Waals surface area contributed by atoms with Crippen LogP contribution in [0.2, 0.25) is 4.34 Å². The fourth-order valence-electron chi connectivity index (χ4n) is 3.36. The summed E-state index contributed by atoms with van der Waals surface area (Å²) in [5.74, 6) is -0.136. The van der Waals surface area contributed by atoms with Crippen LogP contribution in [-0.2, 0) is 16.2 Å². The number of nitrogens with zero attached hydrogens (tertiary/aromatic N) is 2. The Hall–Kier alpha value is -2.05. The van der Waals surface area contributed by atoms with Crippen LogP contribution in [-0.4, -0.2) is 30.8 Å². The van der Waals surface area contributed by atoms with Gasteiger partial charge in [0.2, 0.25) is 6.10 Å². The van der Waals surface area contributed by atoms with Crippen LogP contribution in [0, 0.1) is 0 Å². The van der Waals surface area contributed by atoms with Crippen LogP contribution < -0.4 is 10.2 Å². The molecule has 0 unspecified atom stereocenters. The van der Waals surface area contributed by atoms with Crippen LogP contribution in [0.4, 0.5) is 5.69 Å². The van der Waals surface area contributed by atoms with Crippen molar-refractivity contribution in [3.05, 3.63) is 51.2 Å². The highest BCUT2D eigenvalue weighted by Crippen LogP contribution is 2.27. The maximum absolute atomic E-state index is 12.5. The number of thiophene rings is 1. The van der Waals surface area contributed by atoms with E-state index in [1.165, 1.54) is 29.9 Å². The number of benzene rings is 1. The molecule has 2 aromatic rings. The predicted molar refractivity (Wildman–Crippen MR) is 105 cm³/mol. The first kappa shape index (κ1) is 17.4. The van der Waals surface area contributed by atoms with Gasteiger partial charge in [-0.25, -0.2) is 0 Å². The average Bonchev–Trinajstić information content (AvgIpc) is 3.40. The van der Waals surface area contributed by atoms with Crippen molar-refractivity contribution < 1.29 is 9.63 Å². The van der Waals surface area contributed by atoms with E-state index in [1.807, 2.05) is 24.3 Å². The number of nitrogens with one attached hydrogen (secondary N) is 1. The van der Waals surface area contributed by atoms with Crippen LogP contribution in [0.25, 0.3) is 0 Å². The van der Waals surface area contributed by atoms with Gasteiger partial charge in [-0.3, -0.25) is 4.79 Å². The van der Waals surface area contributed by atoms with Gasteiger partial charge in [-0.1, -0.05) is 35.0 Å². The van der Waals surface area contributed by atoms with Crippen molar-refractivity contribution in [2.75, 3.05) is 18.0 Å². The van der Waals surface area contributed by atoms with Crippen molar-refractivity contribution in [1.82, 2.24) is 5.32 Å². The van der Waals surface area contributed by atoms with Gasteiger partial charge in [-0.2, -0.15) is 0 Å². The summed E-state index contributed by atoms with van der Waals surface area (Å²) in [4.78, 5) is 21.2. The van der Waals surface area contributed by atoms with Crippen LogP contribution in [0.15, 0.2) is 41.6 Å². The second-order valence-corrected chi connectivity index (χ2v) is 8.20. The Bertz CT molecular complexity index is 830. The number of oxime groups is 1. The molecule has 1 atom stereocenters. The van der Waals surface area contributed by atoms with Gasteiger partial charge in [0.25, 0.3) is 5.91 Å². The first-order valence-electron chi connectivity index (χ1n) is 8.79. The summed E-state index contributed by atoms with van der Waals surface area (Å²) in [7, 11) is 0. The number of carbonyl (C=O) groups is 1. The van der Waals surface area contributed by atoms with Gasteiger partial charge in [0.15, 0.2) is 0 Å². The number of hydrogen-bond donors (Lipinski definition) is 1. The maximum atomic E-state index is 12.5. The van der Waals surface area contributed by atoms with Crippen LogP contribution in [0.5, 0.6) is 0 Å². The average molecular weight is 390 g/mol. The third-order valence-corrected chi connectivity index (χ3v) is 5.99. The zero-order valence-corrected chi connectivity index (χ0v) is 15.9. The minimum absolute atomic E-state index is 0.136. The molecule has 0 spiro atoms. The molecular formula is C19H20ClN3O2S. The molecule has 136 valence electrons. The third-order valence-electron chi connectivity index (χ3n) is 4.71. The lowest BCUT2D eigenvalue weighted by Gasteiger charge is -2.21. The number of para-hydroxylation sites is 1. The molecule has 26 heavy (non-hydrogen) atoms. The van der Waals surface area contributed by atoms with E-state index in [0.29, 0.717) is 17.3 Å². The van der Waals surface area contributed by atoms with Gasteiger partial charge in [0, 0.05) is 31.7 Å². The van der Waals surface area contributed by atoms with Crippen molar-refractivity contribution in [3.8, 4) is 0 Å². The monoisotopic (exact) mass is 389 g/mol. The molecule has 3 heterocycles. The van der Waals surface area contributed by atoms with Crippen molar-refractivity contribution in [2.24, 2.45) is 5.16 Å². The van der Waals surface area contributed by atoms with Gasteiger partial charge in [-0.15, -0.1) is 11.3 Å². The molecule has 1 fully saturated rings. The standard InChI is InChI=1S/C19H20ClN3O2S/c20-18-8-7-17(26-18)14-11-16(25-22-14)19(24)21-12-13-5-1-2-6-15(13)23-9-3-4-10-23/h1-2,5-8,16H,3-4,9-12H2,(H,21,24)/t16-/m1/s1. The Morgan fingerprint density at radius 1 is 1.27 bits per heavy atom. The Labute approximate surface area is 161 Å². The second-order valence-electron chi connectivity index (χ2n) is 6.48. The summed E-state index contributed by atoms with van der Waals surface area (Å²) in [6, 6.07) is 12.0. The van der Waals surface area contributed by atoms with E-state index in [9.17, 15) is 4.79 Å². The van der Waals surface area contributed by atoms with Crippen molar-refractivity contribution in [1.29, 1.82) is 0 Å². The molecule has 5 nitrogen and oxygen atoms in total. The lowest BCUT2D eigenvalue weighted by Crippen LogP contribution is -2.34. The summed E-state index contributed by atoms with van der Waals surface area (Å²) in [6.07, 6.45) is 2.34. The van der Waals surface area contributed by atoms with E-state index >= 15 is 0 Å². The molecule has 7 heteroatoms. The van der Waals surface area contributed by atoms with Gasteiger partial charge >= 0.3 is 0 Å². The molecule has 1 amide bonds. The zero-order chi connectivity index (χ0) is 17.9. The first-order chi connectivity index (χ1) is 12.7. The van der Waals surface area contributed by atoms with E-state index in [1.54, 1.807) is 0 Å². The molecule has 0 bridgehead atoms. The smallest absolute Gasteiger partial charge is 0.264 e. The van der Waals surface area contributed by atoms with E-state index in [4.69, 9.17) is 16.4 Å². The predicted octanol–water partition coefficient (Wildman–Crippen LogP) is 3.81. The summed E-state index contributed by atoms with van der Waals surface area (Å²) < 4.78 is 0.703. The summed E-state index contributed by atoms with van der Waals surface area (Å²) in [6.45, 7) is 2.65. The second kappa shape index (κ2) is 7.68. The topological polar surface area (TPSA) is 53.9 Å². The number of carbonyl (C=O) groups excluding carboxylic acids is 1. The third kappa shape index (κ3) is 3.71. The molecule has 2 aliphatic rings. The molecule has 0 aliphatic carbocycles. The Morgan fingerprint density at radius 3 is 2.85 bits per heavy atom. The van der Waals surface area contributed by atoms with E-state index < -0.39 is 6.10 Å². The lowest BCUT2D eigenvalue weighted by atomic mass is 10.1. The summed E-state index contributed by atoms with van der Waals surface area (Å²) in [5.41, 5.74) is 3.12. The SMILES string of the molecule is O=C(NCc1ccccc1N1CCCC1)[C@H]1CC(c2ccc(Cl)s2)=NO1. The fourth-order valence-corrected chi connectivity index (χ4v) is 4.39. The highest BCUT2D eigenvalue weighted by molar-refractivity contribution is 7.18. The highest BCUT2D eigenvalue weighted by atomic mass is 35.5. The van der Waals surface area contributed by atoms with E-state index in [2.05, 4.69) is 27.5 Å². The molecule has 2 aliphatic heterocycles. The van der Waals surface area contributed by atoms with Gasteiger partial charge < -0.3 is 15.1 Å². The van der Waals surface area contributed by atoms with Gasteiger partial charge in [0.1, 0.15) is 5.71 Å². The molecule has 1 aromatic carbocycles. The number of anilines is 1. The van der Waals surface area contributed by atoms with E-state index in [-0.39, 0.29) is 5.91 Å². The molecule has 1 N–H and O–H groups in total. The minimum atomic E-state index is -0.579. The lowest BCUT2D eigenvalue weighted by molar-refractivity contribution is -0.131. The number of rotatable bonds is 5. The fraction of sp³-hybridized carbons (Fsp3) is 0.368. The molecule has 0 radical (unpaired) electrons. The zero-order valence-electron chi connectivity index (χ0n) is 14.3. The number of halogens is 1. The molecule has 4 rings (SSSR count). The maximum Gasteiger partial charge on any atom is 0.264 e. The van der Waals surface area contributed by atoms with E-state index in [0.717, 1.165) is 29.2 Å². The first-order valence-corrected chi connectivity index (χ1v) is 9.99. The Kier molecular flexibility index (Phi) is 5.13. The van der Waals surface area contributed by atoms with Gasteiger partial charge in [0.05, 0.1) is 9.21 Å². The largest absolute Gasteiger partial charge is 0.382 e. The number of amides is 1. The molecular weight excluding hydrogens is 370 g/mol. The highest BCUT2D eigenvalue weighted by Gasteiger charge is 2.29. The number of hydrogen-bond acceptors (Lipinski definition) is 5.